The highest BCUT2D eigenvalue weighted by Crippen LogP contribution is 2.20. The van der Waals surface area contributed by atoms with Gasteiger partial charge in [-0.2, -0.15) is 0 Å². The monoisotopic (exact) mass is 340 g/mol. The number of aromatic amines is 1. The molecule has 0 fully saturated rings. The molecule has 0 unspecified atom stereocenters. The number of aromatic nitrogens is 1. The molecule has 0 spiro atoms. The van der Waals surface area contributed by atoms with Crippen molar-refractivity contribution in [3.63, 3.8) is 0 Å². The fraction of sp³-hybridized carbons (Fsp3) is 0.0769. The van der Waals surface area contributed by atoms with Gasteiger partial charge in [0.25, 0.3) is 5.91 Å². The number of carbonyl (C=O) groups is 2. The van der Waals surface area contributed by atoms with E-state index in [0.29, 0.717) is 5.69 Å². The molecule has 1 amide bonds. The van der Waals surface area contributed by atoms with Crippen molar-refractivity contribution in [2.45, 2.75) is 6.92 Å². The van der Waals surface area contributed by atoms with Crippen LogP contribution >= 0.6 is 15.9 Å². The molecule has 1 aromatic heterocycles. The highest BCUT2D eigenvalue weighted by atomic mass is 79.9. The Morgan fingerprint density at radius 3 is 2.65 bits per heavy atom. The molecule has 0 atom stereocenters. The van der Waals surface area contributed by atoms with Crippen LogP contribution in [0.25, 0.3) is 0 Å². The third-order valence-electron chi connectivity index (χ3n) is 2.60. The van der Waals surface area contributed by atoms with Crippen LogP contribution in [0.15, 0.2) is 28.7 Å². The molecular weight excluding hydrogens is 331 g/mol. The molecule has 1 aromatic carbocycles. The van der Waals surface area contributed by atoms with Gasteiger partial charge in [0.2, 0.25) is 0 Å². The third kappa shape index (κ3) is 2.88. The van der Waals surface area contributed by atoms with Crippen LogP contribution < -0.4 is 5.32 Å². The number of H-pyrrole nitrogens is 1. The first-order valence-corrected chi connectivity index (χ1v) is 6.37. The first-order valence-electron chi connectivity index (χ1n) is 5.58. The summed E-state index contributed by atoms with van der Waals surface area (Å²) in [6, 6.07) is 5.30. The lowest BCUT2D eigenvalue weighted by atomic mass is 10.2. The lowest BCUT2D eigenvalue weighted by Crippen LogP contribution is -2.14. The summed E-state index contributed by atoms with van der Waals surface area (Å²) in [6.07, 6.45) is 0. The smallest absolute Gasteiger partial charge is 0.354 e. The number of aryl methyl sites for hydroxylation is 1. The van der Waals surface area contributed by atoms with Crippen molar-refractivity contribution in [1.29, 1.82) is 0 Å². The fourth-order valence-corrected chi connectivity index (χ4v) is 2.07. The maximum absolute atomic E-state index is 13.1. The lowest BCUT2D eigenvalue weighted by Gasteiger charge is -2.05. The molecule has 0 bridgehead atoms. The minimum atomic E-state index is -1.17. The SMILES string of the molecule is Cc1cc(NC(=O)c2ccc(F)c(Br)c2)c(C(=O)O)[nH]1. The quantitative estimate of drug-likeness (QED) is 0.802. The van der Waals surface area contributed by atoms with E-state index in [1.54, 1.807) is 6.92 Å². The van der Waals surface area contributed by atoms with E-state index in [0.717, 1.165) is 6.07 Å². The molecule has 0 saturated carbocycles. The molecule has 0 aliphatic carbocycles. The Bertz CT molecular complexity index is 697. The molecule has 7 heteroatoms. The van der Waals surface area contributed by atoms with Gasteiger partial charge in [-0.05, 0) is 47.1 Å². The van der Waals surface area contributed by atoms with Crippen LogP contribution in [0.5, 0.6) is 0 Å². The van der Waals surface area contributed by atoms with Gasteiger partial charge in [0.1, 0.15) is 11.5 Å². The number of hydrogen-bond donors (Lipinski definition) is 3. The lowest BCUT2D eigenvalue weighted by molar-refractivity contribution is 0.0692. The minimum absolute atomic E-state index is 0.1000. The van der Waals surface area contributed by atoms with Crippen LogP contribution in [0.3, 0.4) is 0 Å². The number of carboxylic acid groups (broad SMARTS) is 1. The predicted octanol–water partition coefficient (Wildman–Crippen LogP) is 3.18. The summed E-state index contributed by atoms with van der Waals surface area (Å²) in [5.41, 5.74) is 0.893. The number of carboxylic acids is 1. The van der Waals surface area contributed by atoms with E-state index in [-0.39, 0.29) is 21.4 Å². The van der Waals surface area contributed by atoms with Gasteiger partial charge in [0.15, 0.2) is 0 Å². The second kappa shape index (κ2) is 5.46. The minimum Gasteiger partial charge on any atom is -0.477 e. The average Bonchev–Trinajstić information content (AvgIpc) is 2.73. The zero-order chi connectivity index (χ0) is 14.9. The molecular formula is C13H10BrFN2O3. The topological polar surface area (TPSA) is 82.2 Å². The number of benzene rings is 1. The van der Waals surface area contributed by atoms with Crippen molar-refractivity contribution in [2.75, 3.05) is 5.32 Å². The van der Waals surface area contributed by atoms with E-state index in [1.807, 2.05) is 0 Å². The van der Waals surface area contributed by atoms with Crippen LogP contribution in [0.4, 0.5) is 10.1 Å². The van der Waals surface area contributed by atoms with E-state index >= 15 is 0 Å². The average molecular weight is 341 g/mol. The van der Waals surface area contributed by atoms with Crippen LogP contribution in [0.2, 0.25) is 0 Å². The van der Waals surface area contributed by atoms with E-state index in [9.17, 15) is 14.0 Å². The molecule has 1 heterocycles. The Morgan fingerprint density at radius 1 is 1.35 bits per heavy atom. The van der Waals surface area contributed by atoms with Crippen molar-refractivity contribution in [1.82, 2.24) is 4.98 Å². The summed E-state index contributed by atoms with van der Waals surface area (Å²) in [4.78, 5) is 25.7. The predicted molar refractivity (Wildman–Crippen MR) is 74.5 cm³/mol. The standard InChI is InChI=1S/C13H10BrFN2O3/c1-6-4-10(11(16-6)13(19)20)17-12(18)7-2-3-9(15)8(14)5-7/h2-5,16H,1H3,(H,17,18)(H,19,20). The maximum atomic E-state index is 13.1. The number of amides is 1. The van der Waals surface area contributed by atoms with Crippen molar-refractivity contribution < 1.29 is 19.1 Å². The molecule has 0 aliphatic heterocycles. The van der Waals surface area contributed by atoms with Gasteiger partial charge in [0, 0.05) is 11.3 Å². The first kappa shape index (κ1) is 14.3. The van der Waals surface area contributed by atoms with Crippen LogP contribution in [0, 0.1) is 12.7 Å². The van der Waals surface area contributed by atoms with Crippen molar-refractivity contribution in [2.24, 2.45) is 0 Å². The number of aromatic carboxylic acids is 1. The summed E-state index contributed by atoms with van der Waals surface area (Å²) < 4.78 is 13.3. The molecule has 2 aromatic rings. The number of carbonyl (C=O) groups excluding carboxylic acids is 1. The molecule has 3 N–H and O–H groups in total. The van der Waals surface area contributed by atoms with Gasteiger partial charge in [-0.3, -0.25) is 4.79 Å². The summed E-state index contributed by atoms with van der Waals surface area (Å²) in [7, 11) is 0. The molecule has 0 radical (unpaired) electrons. The summed E-state index contributed by atoms with van der Waals surface area (Å²) in [6.45, 7) is 1.68. The Kier molecular flexibility index (Phi) is 3.89. The molecule has 20 heavy (non-hydrogen) atoms. The van der Waals surface area contributed by atoms with Gasteiger partial charge in [-0.25, -0.2) is 9.18 Å². The number of anilines is 1. The Morgan fingerprint density at radius 2 is 2.05 bits per heavy atom. The van der Waals surface area contributed by atoms with Gasteiger partial charge >= 0.3 is 5.97 Å². The summed E-state index contributed by atoms with van der Waals surface area (Å²) in [5.74, 6) is -2.17. The van der Waals surface area contributed by atoms with Crippen LogP contribution in [-0.2, 0) is 0 Å². The maximum Gasteiger partial charge on any atom is 0.354 e. The van der Waals surface area contributed by atoms with Gasteiger partial charge in [-0.1, -0.05) is 0 Å². The third-order valence-corrected chi connectivity index (χ3v) is 3.20. The Balaban J connectivity index is 2.27. The van der Waals surface area contributed by atoms with Gasteiger partial charge < -0.3 is 15.4 Å². The second-order valence-corrected chi connectivity index (χ2v) is 4.98. The van der Waals surface area contributed by atoms with E-state index in [4.69, 9.17) is 5.11 Å². The van der Waals surface area contributed by atoms with E-state index in [2.05, 4.69) is 26.2 Å². The van der Waals surface area contributed by atoms with E-state index in [1.165, 1.54) is 18.2 Å². The molecule has 0 aliphatic rings. The van der Waals surface area contributed by atoms with Gasteiger partial charge in [-0.15, -0.1) is 0 Å². The Hall–Kier alpha value is -2.15. The first-order chi connectivity index (χ1) is 9.38. The Labute approximate surface area is 121 Å². The van der Waals surface area contributed by atoms with Crippen molar-refractivity contribution in [3.8, 4) is 0 Å². The highest BCUT2D eigenvalue weighted by Gasteiger charge is 2.16. The largest absolute Gasteiger partial charge is 0.477 e. The number of nitrogens with one attached hydrogen (secondary N) is 2. The summed E-state index contributed by atoms with van der Waals surface area (Å²) in [5, 5.41) is 11.5. The highest BCUT2D eigenvalue weighted by molar-refractivity contribution is 9.10. The fourth-order valence-electron chi connectivity index (χ4n) is 1.69. The van der Waals surface area contributed by atoms with Gasteiger partial charge in [0.05, 0.1) is 10.2 Å². The molecule has 2 rings (SSSR count). The molecule has 0 saturated heterocycles. The number of hydrogen-bond acceptors (Lipinski definition) is 2. The normalized spacial score (nSPS) is 10.3. The van der Waals surface area contributed by atoms with Crippen LogP contribution in [0.1, 0.15) is 26.5 Å². The summed E-state index contributed by atoms with van der Waals surface area (Å²) >= 11 is 2.99. The van der Waals surface area contributed by atoms with Crippen LogP contribution in [-0.4, -0.2) is 22.0 Å². The van der Waals surface area contributed by atoms with Crippen molar-refractivity contribution >= 4 is 33.5 Å². The second-order valence-electron chi connectivity index (χ2n) is 4.13. The molecule has 5 nitrogen and oxygen atoms in total. The zero-order valence-electron chi connectivity index (χ0n) is 10.3. The molecule has 104 valence electrons. The number of rotatable bonds is 3. The van der Waals surface area contributed by atoms with Crippen molar-refractivity contribution in [3.05, 3.63) is 51.5 Å². The zero-order valence-corrected chi connectivity index (χ0v) is 11.9. The van der Waals surface area contributed by atoms with E-state index < -0.39 is 17.7 Å². The number of halogens is 2.